The van der Waals surface area contributed by atoms with Gasteiger partial charge in [0.1, 0.15) is 5.03 Å². The minimum Gasteiger partial charge on any atom is -0.465 e. The highest BCUT2D eigenvalue weighted by atomic mass is 35.5. The summed E-state index contributed by atoms with van der Waals surface area (Å²) in [5.74, 6) is -1.42. The van der Waals surface area contributed by atoms with Crippen LogP contribution in [-0.2, 0) is 28.9 Å². The van der Waals surface area contributed by atoms with E-state index in [9.17, 15) is 18.0 Å². The van der Waals surface area contributed by atoms with E-state index < -0.39 is 26.7 Å². The number of benzene rings is 1. The van der Waals surface area contributed by atoms with Crippen LogP contribution in [0.3, 0.4) is 0 Å². The van der Waals surface area contributed by atoms with E-state index in [0.29, 0.717) is 24.4 Å². The number of carbonyl (C=O) groups is 2. The number of fused-ring (bicyclic) bond motifs is 1. The van der Waals surface area contributed by atoms with Gasteiger partial charge in [0.25, 0.3) is 0 Å². The molecule has 0 N–H and O–H groups in total. The minimum atomic E-state index is -3.84. The van der Waals surface area contributed by atoms with Crippen LogP contribution in [0, 0.1) is 0 Å². The lowest BCUT2D eigenvalue weighted by Crippen LogP contribution is -2.25. The smallest absolute Gasteiger partial charge is 0.352 e. The maximum atomic E-state index is 12.3. The number of anilines is 1. The van der Waals surface area contributed by atoms with Gasteiger partial charge in [-0.05, 0) is 31.0 Å². The van der Waals surface area contributed by atoms with Crippen molar-refractivity contribution in [3.8, 4) is 0 Å². The third-order valence-corrected chi connectivity index (χ3v) is 6.42. The fourth-order valence-corrected chi connectivity index (χ4v) is 5.33. The van der Waals surface area contributed by atoms with Crippen LogP contribution in [0.15, 0.2) is 45.7 Å². The maximum Gasteiger partial charge on any atom is 0.352 e. The quantitative estimate of drug-likeness (QED) is 0.342. The number of unbranched alkanes of at least 4 members (excludes halogenated alkanes) is 1. The summed E-state index contributed by atoms with van der Waals surface area (Å²) < 4.78 is 34.2. The summed E-state index contributed by atoms with van der Waals surface area (Å²) in [5.41, 5.74) is 0.748. The van der Waals surface area contributed by atoms with E-state index >= 15 is 0 Å². The van der Waals surface area contributed by atoms with E-state index in [1.54, 1.807) is 23.1 Å². The van der Waals surface area contributed by atoms with Crippen LogP contribution < -0.4 is 4.90 Å². The highest BCUT2D eigenvalue weighted by molar-refractivity contribution is 8.05. The average molecular weight is 446 g/mol. The molecule has 1 heterocycles. The maximum absolute atomic E-state index is 12.3. The van der Waals surface area contributed by atoms with Gasteiger partial charge in [0.15, 0.2) is 14.7 Å². The molecule has 7 nitrogen and oxygen atoms in total. The highest BCUT2D eigenvalue weighted by Crippen LogP contribution is 2.49. The van der Waals surface area contributed by atoms with E-state index in [1.165, 1.54) is 0 Å². The zero-order valence-electron chi connectivity index (χ0n) is 15.4. The van der Waals surface area contributed by atoms with Crippen molar-refractivity contribution >= 4 is 50.8 Å². The first-order chi connectivity index (χ1) is 13.2. The molecule has 0 aromatic heterocycles. The molecule has 1 aromatic rings. The van der Waals surface area contributed by atoms with Crippen molar-refractivity contribution in [2.24, 2.45) is 0 Å². The van der Waals surface area contributed by atoms with E-state index in [1.807, 2.05) is 0 Å². The van der Waals surface area contributed by atoms with Crippen LogP contribution >= 0.6 is 23.4 Å². The number of carbonyl (C=O) groups excluding carboxylic acids is 2. The molecule has 0 radical (unpaired) electrons. The number of hydrogen-bond acceptors (Lipinski definition) is 8. The van der Waals surface area contributed by atoms with Gasteiger partial charge in [-0.1, -0.05) is 29.9 Å². The van der Waals surface area contributed by atoms with Gasteiger partial charge in [-0.25, -0.2) is 18.0 Å². The average Bonchev–Trinajstić information content (AvgIpc) is 2.96. The molecule has 0 bridgehead atoms. The summed E-state index contributed by atoms with van der Waals surface area (Å²) in [4.78, 5) is 25.4. The Morgan fingerprint density at radius 3 is 2.64 bits per heavy atom. The number of rotatable bonds is 8. The van der Waals surface area contributed by atoms with Gasteiger partial charge in [-0.15, -0.1) is 0 Å². The first-order valence-corrected chi connectivity index (χ1v) is 11.3. The van der Waals surface area contributed by atoms with Crippen LogP contribution in [0.2, 0.25) is 5.02 Å². The molecule has 0 unspecified atom stereocenters. The number of ether oxygens (including phenoxy) is 2. The number of hydrogen-bond donors (Lipinski definition) is 0. The Balaban J connectivity index is 2.33. The first-order valence-electron chi connectivity index (χ1n) is 8.25. The zero-order valence-corrected chi connectivity index (χ0v) is 17.8. The molecule has 28 heavy (non-hydrogen) atoms. The minimum absolute atomic E-state index is 0.217. The van der Waals surface area contributed by atoms with Crippen LogP contribution in [0.4, 0.5) is 5.69 Å². The van der Waals surface area contributed by atoms with Crippen molar-refractivity contribution in [2.75, 3.05) is 31.4 Å². The van der Waals surface area contributed by atoms with Crippen LogP contribution in [0.1, 0.15) is 12.8 Å². The topological polar surface area (TPSA) is 90.0 Å². The predicted octanol–water partition coefficient (Wildman–Crippen LogP) is 3.15. The lowest BCUT2D eigenvalue weighted by molar-refractivity contribution is -0.138. The number of halogens is 1. The Morgan fingerprint density at radius 1 is 1.32 bits per heavy atom. The molecule has 0 saturated heterocycles. The standard InChI is InChI=1S/C18H20ClNO6S2/c1-4-15(21)26-10-6-5-9-20-13-8-7-12(19)11-14(13)27-17(20)16(18(22)25-2)28(3,23)24/h4,7-8,11H,1,5-6,9-10H2,2-3H3/b17-16-. The molecule has 0 saturated carbocycles. The summed E-state index contributed by atoms with van der Waals surface area (Å²) in [7, 11) is -2.71. The lowest BCUT2D eigenvalue weighted by atomic mass is 10.2. The fraction of sp³-hybridized carbons (Fsp3) is 0.333. The SMILES string of the molecule is C=CC(=O)OCCCCN1/C(=C(\C(=O)OC)S(C)(=O)=O)Sc2cc(Cl)ccc21. The van der Waals surface area contributed by atoms with Gasteiger partial charge in [-0.2, -0.15) is 0 Å². The van der Waals surface area contributed by atoms with Crippen molar-refractivity contribution in [1.29, 1.82) is 0 Å². The Hall–Kier alpha value is -1.97. The second-order valence-electron chi connectivity index (χ2n) is 5.84. The summed E-state index contributed by atoms with van der Waals surface area (Å²) in [5, 5.41) is 0.775. The molecule has 0 aliphatic carbocycles. The lowest BCUT2D eigenvalue weighted by Gasteiger charge is -2.22. The van der Waals surface area contributed by atoms with Crippen molar-refractivity contribution in [2.45, 2.75) is 17.7 Å². The van der Waals surface area contributed by atoms with Crippen molar-refractivity contribution in [1.82, 2.24) is 0 Å². The summed E-state index contributed by atoms with van der Waals surface area (Å²) in [6.45, 7) is 3.96. The third-order valence-electron chi connectivity index (χ3n) is 3.79. The second kappa shape index (κ2) is 9.49. The van der Waals surface area contributed by atoms with E-state index in [2.05, 4.69) is 6.58 Å². The van der Waals surface area contributed by atoms with Crippen molar-refractivity contribution < 1.29 is 27.5 Å². The molecule has 0 spiro atoms. The van der Waals surface area contributed by atoms with Crippen LogP contribution in [-0.4, -0.2) is 46.9 Å². The van der Waals surface area contributed by atoms with Crippen LogP contribution in [0.5, 0.6) is 0 Å². The Morgan fingerprint density at radius 2 is 2.04 bits per heavy atom. The monoisotopic (exact) mass is 445 g/mol. The molecular weight excluding hydrogens is 426 g/mol. The number of nitrogens with zero attached hydrogens (tertiary/aromatic N) is 1. The van der Waals surface area contributed by atoms with Gasteiger partial charge >= 0.3 is 11.9 Å². The molecule has 2 rings (SSSR count). The van der Waals surface area contributed by atoms with Crippen molar-refractivity contribution in [3.05, 3.63) is 45.8 Å². The fourth-order valence-electron chi connectivity index (χ4n) is 2.55. The molecule has 1 aliphatic rings. The van der Waals surface area contributed by atoms with Gasteiger partial charge in [0, 0.05) is 28.8 Å². The molecule has 152 valence electrons. The third kappa shape index (κ3) is 5.30. The number of esters is 2. The van der Waals surface area contributed by atoms with E-state index in [4.69, 9.17) is 21.1 Å². The van der Waals surface area contributed by atoms with E-state index in [0.717, 1.165) is 41.8 Å². The van der Waals surface area contributed by atoms with Gasteiger partial charge in [-0.3, -0.25) is 0 Å². The number of methoxy groups -OCH3 is 1. The molecule has 0 atom stereocenters. The van der Waals surface area contributed by atoms with Crippen molar-refractivity contribution in [3.63, 3.8) is 0 Å². The Labute approximate surface area is 173 Å². The summed E-state index contributed by atoms with van der Waals surface area (Å²) in [6, 6.07) is 5.18. The van der Waals surface area contributed by atoms with Gasteiger partial charge in [0.05, 0.1) is 19.4 Å². The normalized spacial score (nSPS) is 15.0. The van der Waals surface area contributed by atoms with Crippen LogP contribution in [0.25, 0.3) is 0 Å². The van der Waals surface area contributed by atoms with E-state index in [-0.39, 0.29) is 11.6 Å². The molecule has 1 aromatic carbocycles. The predicted molar refractivity (Wildman–Crippen MR) is 109 cm³/mol. The molecular formula is C18H20ClNO6S2. The Bertz CT molecular complexity index is 926. The zero-order chi connectivity index (χ0) is 20.9. The van der Waals surface area contributed by atoms with Gasteiger partial charge < -0.3 is 14.4 Å². The molecule has 0 fully saturated rings. The summed E-state index contributed by atoms with van der Waals surface area (Å²) >= 11 is 7.20. The molecule has 10 heteroatoms. The summed E-state index contributed by atoms with van der Waals surface area (Å²) in [6.07, 6.45) is 3.21. The molecule has 1 aliphatic heterocycles. The molecule has 0 amide bonds. The largest absolute Gasteiger partial charge is 0.465 e. The highest BCUT2D eigenvalue weighted by Gasteiger charge is 2.35. The number of thioether (sulfide) groups is 1. The Kier molecular flexibility index (Phi) is 7.56. The number of sulfone groups is 1. The first kappa shape index (κ1) is 22.3. The second-order valence-corrected chi connectivity index (χ2v) is 9.26. The van der Waals surface area contributed by atoms with Gasteiger partial charge in [0.2, 0.25) is 0 Å².